The molecule has 0 heterocycles. The van der Waals surface area contributed by atoms with E-state index in [1.807, 2.05) is 0 Å². The molecule has 0 saturated heterocycles. The van der Waals surface area contributed by atoms with E-state index in [2.05, 4.69) is 104 Å². The van der Waals surface area contributed by atoms with Gasteiger partial charge in [0.1, 0.15) is 8.80 Å². The molecule has 0 saturated carbocycles. The van der Waals surface area contributed by atoms with Crippen LogP contribution in [0.1, 0.15) is 38.8 Å². The molecular weight excluding hydrogens is 380 g/mol. The molecule has 0 spiro atoms. The largest absolute Gasteiger partial charge is 0.107 e. The highest BCUT2D eigenvalue weighted by molar-refractivity contribution is 6.90. The van der Waals surface area contributed by atoms with Crippen molar-refractivity contribution in [3.8, 4) is 0 Å². The summed E-state index contributed by atoms with van der Waals surface area (Å²) in [5.41, 5.74) is 9.24. The van der Waals surface area contributed by atoms with Crippen LogP contribution in [0.3, 0.4) is 0 Å². The lowest BCUT2D eigenvalue weighted by Gasteiger charge is -2.25. The molecular formula is C27H38Si2. The SMILES string of the molecule is CC1=C(C)C(C)C(C[SiH](c2cc(C)cc([Si](C)(C)C)c2)c2ccccc2C)=C1C. The summed E-state index contributed by atoms with van der Waals surface area (Å²) in [6.07, 6.45) is 0. The van der Waals surface area contributed by atoms with Crippen LogP contribution >= 0.6 is 0 Å². The zero-order valence-corrected chi connectivity index (χ0v) is 22.1. The first-order valence-electron chi connectivity index (χ1n) is 11.1. The van der Waals surface area contributed by atoms with E-state index in [-0.39, 0.29) is 0 Å². The molecule has 2 heteroatoms. The van der Waals surface area contributed by atoms with Gasteiger partial charge in [-0.1, -0.05) is 107 Å². The minimum atomic E-state index is -1.36. The van der Waals surface area contributed by atoms with Gasteiger partial charge in [0, 0.05) is 0 Å². The molecule has 0 N–H and O–H groups in total. The summed E-state index contributed by atoms with van der Waals surface area (Å²) in [6.45, 7) is 21.4. The van der Waals surface area contributed by atoms with Crippen LogP contribution in [0.15, 0.2) is 64.8 Å². The highest BCUT2D eigenvalue weighted by Gasteiger charge is 2.29. The van der Waals surface area contributed by atoms with Gasteiger partial charge < -0.3 is 0 Å². The van der Waals surface area contributed by atoms with Gasteiger partial charge in [0.25, 0.3) is 0 Å². The summed E-state index contributed by atoms with van der Waals surface area (Å²) in [5.74, 6) is 0.593. The van der Waals surface area contributed by atoms with E-state index in [1.54, 1.807) is 32.3 Å². The number of hydrogen-bond donors (Lipinski definition) is 0. The van der Waals surface area contributed by atoms with Crippen LogP contribution in [0.5, 0.6) is 0 Å². The predicted molar refractivity (Wildman–Crippen MR) is 137 cm³/mol. The van der Waals surface area contributed by atoms with Gasteiger partial charge in [-0.2, -0.15) is 0 Å². The Morgan fingerprint density at radius 2 is 1.52 bits per heavy atom. The Kier molecular flexibility index (Phi) is 6.26. The number of aryl methyl sites for hydroxylation is 2. The van der Waals surface area contributed by atoms with E-state index in [9.17, 15) is 0 Å². The first-order valence-corrected chi connectivity index (χ1v) is 16.5. The Labute approximate surface area is 181 Å². The average molecular weight is 419 g/mol. The van der Waals surface area contributed by atoms with E-state index < -0.39 is 16.9 Å². The van der Waals surface area contributed by atoms with Gasteiger partial charge in [-0.05, 0) is 57.7 Å². The molecule has 2 aromatic carbocycles. The summed E-state index contributed by atoms with van der Waals surface area (Å²) >= 11 is 0. The first kappa shape index (κ1) is 22.0. The molecule has 2 unspecified atom stereocenters. The minimum Gasteiger partial charge on any atom is -0.0656 e. The molecule has 0 aliphatic heterocycles. The van der Waals surface area contributed by atoms with E-state index in [1.165, 1.54) is 22.7 Å². The van der Waals surface area contributed by atoms with Crippen LogP contribution in [0, 0.1) is 19.8 Å². The molecule has 2 atom stereocenters. The molecule has 2 aromatic rings. The molecule has 0 aromatic heterocycles. The molecule has 1 aliphatic rings. The maximum atomic E-state index is 2.59. The Balaban J connectivity index is 2.14. The van der Waals surface area contributed by atoms with Gasteiger partial charge in [-0.15, -0.1) is 0 Å². The van der Waals surface area contributed by atoms with Crippen LogP contribution in [0.4, 0.5) is 0 Å². The molecule has 0 amide bonds. The standard InChI is InChI=1S/C27H38Si2/c1-18-14-24(16-25(15-18)29(7,8)9)28(27-13-11-10-12-19(27)2)17-26-22(5)20(3)21(4)23(26)6/h10-16,22,28H,17H2,1-9H3. The Hall–Kier alpha value is -1.65. The maximum Gasteiger partial charge on any atom is 0.107 e. The monoisotopic (exact) mass is 418 g/mol. The molecule has 0 fully saturated rings. The number of allylic oxidation sites excluding steroid dienone is 4. The lowest BCUT2D eigenvalue weighted by molar-refractivity contribution is 0.812. The summed E-state index contributed by atoms with van der Waals surface area (Å²) in [4.78, 5) is 0. The minimum absolute atomic E-state index is 0.593. The summed E-state index contributed by atoms with van der Waals surface area (Å²) in [7, 11) is -2.71. The van der Waals surface area contributed by atoms with Crippen molar-refractivity contribution in [3.63, 3.8) is 0 Å². The topological polar surface area (TPSA) is 0 Å². The van der Waals surface area contributed by atoms with Gasteiger partial charge in [0.15, 0.2) is 0 Å². The number of hydrogen-bond acceptors (Lipinski definition) is 0. The quantitative estimate of drug-likeness (QED) is 0.563. The van der Waals surface area contributed by atoms with Crippen LogP contribution in [-0.2, 0) is 0 Å². The fourth-order valence-electron chi connectivity index (χ4n) is 4.83. The third-order valence-corrected chi connectivity index (χ3v) is 12.6. The highest BCUT2D eigenvalue weighted by Crippen LogP contribution is 2.39. The van der Waals surface area contributed by atoms with E-state index >= 15 is 0 Å². The second kappa shape index (κ2) is 8.24. The Morgan fingerprint density at radius 1 is 0.862 bits per heavy atom. The molecule has 1 aliphatic carbocycles. The molecule has 0 radical (unpaired) electrons. The van der Waals surface area contributed by atoms with Crippen molar-refractivity contribution in [1.82, 2.24) is 0 Å². The van der Waals surface area contributed by atoms with Crippen LogP contribution in [-0.4, -0.2) is 16.9 Å². The Bertz CT molecular complexity index is 986. The first-order chi connectivity index (χ1) is 13.5. The summed E-state index contributed by atoms with van der Waals surface area (Å²) in [6, 6.07) is 17.9. The van der Waals surface area contributed by atoms with E-state index in [4.69, 9.17) is 0 Å². The van der Waals surface area contributed by atoms with E-state index in [0.29, 0.717) is 5.92 Å². The van der Waals surface area contributed by atoms with Gasteiger partial charge >= 0.3 is 0 Å². The third-order valence-electron chi connectivity index (χ3n) is 7.16. The zero-order valence-electron chi connectivity index (χ0n) is 19.9. The smallest absolute Gasteiger partial charge is 0.0656 e. The maximum absolute atomic E-state index is 2.59. The lowest BCUT2D eigenvalue weighted by Crippen LogP contribution is -2.48. The second-order valence-corrected chi connectivity index (χ2v) is 18.1. The van der Waals surface area contributed by atoms with Gasteiger partial charge in [0.05, 0.1) is 8.07 Å². The fourth-order valence-corrected chi connectivity index (χ4v) is 10.0. The van der Waals surface area contributed by atoms with Crippen molar-refractivity contribution >= 4 is 32.4 Å². The van der Waals surface area contributed by atoms with Gasteiger partial charge in [-0.25, -0.2) is 0 Å². The molecule has 154 valence electrons. The predicted octanol–water partition coefficient (Wildman–Crippen LogP) is 5.49. The number of rotatable bonds is 5. The zero-order chi connectivity index (χ0) is 21.5. The molecule has 29 heavy (non-hydrogen) atoms. The molecule has 3 rings (SSSR count). The Morgan fingerprint density at radius 3 is 2.07 bits per heavy atom. The van der Waals surface area contributed by atoms with Crippen molar-refractivity contribution < 1.29 is 0 Å². The fraction of sp³-hybridized carbons (Fsp3) is 0.407. The number of benzene rings is 2. The highest BCUT2D eigenvalue weighted by atomic mass is 28.3. The summed E-state index contributed by atoms with van der Waals surface area (Å²) in [5, 5.41) is 4.86. The normalized spacial score (nSPS) is 18.6. The van der Waals surface area contributed by atoms with Gasteiger partial charge in [-0.3, -0.25) is 0 Å². The van der Waals surface area contributed by atoms with Crippen LogP contribution in [0.25, 0.3) is 0 Å². The second-order valence-electron chi connectivity index (χ2n) is 10.2. The van der Waals surface area contributed by atoms with Crippen LogP contribution in [0.2, 0.25) is 25.7 Å². The lowest BCUT2D eigenvalue weighted by atomic mass is 10.00. The third kappa shape index (κ3) is 4.44. The van der Waals surface area contributed by atoms with Crippen molar-refractivity contribution in [1.29, 1.82) is 0 Å². The van der Waals surface area contributed by atoms with Crippen molar-refractivity contribution in [3.05, 3.63) is 75.9 Å². The van der Waals surface area contributed by atoms with Crippen LogP contribution < -0.4 is 15.6 Å². The van der Waals surface area contributed by atoms with Crippen molar-refractivity contribution in [2.24, 2.45) is 5.92 Å². The molecule has 0 bridgehead atoms. The van der Waals surface area contributed by atoms with Crippen molar-refractivity contribution in [2.45, 2.75) is 67.2 Å². The molecule has 0 nitrogen and oxygen atoms in total. The average Bonchev–Trinajstić information content (AvgIpc) is 2.83. The summed E-state index contributed by atoms with van der Waals surface area (Å²) < 4.78 is 0. The van der Waals surface area contributed by atoms with Gasteiger partial charge in [0.2, 0.25) is 0 Å². The van der Waals surface area contributed by atoms with Crippen molar-refractivity contribution in [2.75, 3.05) is 0 Å². The van der Waals surface area contributed by atoms with E-state index in [0.717, 1.165) is 0 Å².